The second kappa shape index (κ2) is 8.41. The Kier molecular flexibility index (Phi) is 5.47. The van der Waals surface area contributed by atoms with Crippen LogP contribution in [0.15, 0.2) is 47.8 Å². The number of rotatable bonds is 8. The smallest absolute Gasteiger partial charge is 0.0990 e. The van der Waals surface area contributed by atoms with Gasteiger partial charge in [-0.1, -0.05) is 13.3 Å². The molecule has 2 aromatic rings. The zero-order valence-electron chi connectivity index (χ0n) is 17.7. The molecule has 1 fully saturated rings. The quantitative estimate of drug-likeness (QED) is 0.597. The molecule has 31 heavy (non-hydrogen) atoms. The minimum atomic E-state index is -0.838. The summed E-state index contributed by atoms with van der Waals surface area (Å²) in [7, 11) is 0. The van der Waals surface area contributed by atoms with Crippen molar-refractivity contribution in [3.05, 3.63) is 53.9 Å². The van der Waals surface area contributed by atoms with Crippen molar-refractivity contribution >= 4 is 11.4 Å². The normalized spacial score (nSPS) is 20.6. The average molecular weight is 424 g/mol. The van der Waals surface area contributed by atoms with Crippen LogP contribution < -0.4 is 5.43 Å². The van der Waals surface area contributed by atoms with Crippen LogP contribution in [0, 0.1) is 5.92 Å². The van der Waals surface area contributed by atoms with Gasteiger partial charge in [-0.05, 0) is 31.3 Å². The van der Waals surface area contributed by atoms with E-state index in [1.165, 1.54) is 19.3 Å². The molecule has 3 N–H and O–H groups in total. The van der Waals surface area contributed by atoms with E-state index in [2.05, 4.69) is 34.4 Å². The van der Waals surface area contributed by atoms with E-state index in [1.54, 1.807) is 10.9 Å². The maximum Gasteiger partial charge on any atom is 0.0990 e. The van der Waals surface area contributed by atoms with E-state index in [0.717, 1.165) is 47.1 Å². The number of allylic oxidation sites excluding steroid dienone is 1. The van der Waals surface area contributed by atoms with Crippen molar-refractivity contribution < 1.29 is 10.2 Å². The first kappa shape index (κ1) is 20.2. The molecule has 0 bridgehead atoms. The highest BCUT2D eigenvalue weighted by Gasteiger charge is 2.30. The fraction of sp³-hybridized carbons (Fsp3) is 0.500. The van der Waals surface area contributed by atoms with Crippen LogP contribution in [-0.4, -0.2) is 59.8 Å². The fourth-order valence-corrected chi connectivity index (χ4v) is 4.50. The molecule has 5 rings (SSSR count). The van der Waals surface area contributed by atoms with Gasteiger partial charge in [0.05, 0.1) is 54.8 Å². The summed E-state index contributed by atoms with van der Waals surface area (Å²) in [4.78, 5) is 4.96. The Bertz CT molecular complexity index is 1030. The molecule has 0 unspecified atom stereocenters. The lowest BCUT2D eigenvalue weighted by Crippen LogP contribution is -2.32. The lowest BCUT2D eigenvalue weighted by atomic mass is 9.79. The summed E-state index contributed by atoms with van der Waals surface area (Å²) in [6.07, 6.45) is 15.9. The topological polar surface area (TPSA) is 104 Å². The molecule has 164 valence electrons. The van der Waals surface area contributed by atoms with Gasteiger partial charge in [0, 0.05) is 36.3 Å². The van der Waals surface area contributed by atoms with E-state index in [1.807, 2.05) is 23.6 Å². The van der Waals surface area contributed by atoms with E-state index in [0.29, 0.717) is 6.04 Å². The van der Waals surface area contributed by atoms with Crippen molar-refractivity contribution in [2.45, 2.75) is 51.3 Å². The van der Waals surface area contributed by atoms with Gasteiger partial charge in [-0.25, -0.2) is 10.4 Å². The Balaban J connectivity index is 1.44. The molecule has 2 atom stereocenters. The second-order valence-electron chi connectivity index (χ2n) is 8.46. The first-order chi connectivity index (χ1) is 15.2. The van der Waals surface area contributed by atoms with E-state index in [-0.39, 0.29) is 13.2 Å². The van der Waals surface area contributed by atoms with E-state index >= 15 is 0 Å². The number of hydrogen-bond acceptors (Lipinski definition) is 7. The van der Waals surface area contributed by atoms with Gasteiger partial charge in [-0.2, -0.15) is 10.2 Å². The molecule has 0 amide bonds. The van der Waals surface area contributed by atoms with Crippen molar-refractivity contribution in [1.29, 1.82) is 0 Å². The Morgan fingerprint density at radius 2 is 2.03 bits per heavy atom. The Morgan fingerprint density at radius 3 is 2.77 bits per heavy atom. The molecule has 3 aliphatic rings. The zero-order chi connectivity index (χ0) is 21.4. The highest BCUT2D eigenvalue weighted by atomic mass is 16.3. The van der Waals surface area contributed by atoms with Gasteiger partial charge in [0.1, 0.15) is 0 Å². The molecule has 1 aliphatic carbocycles. The van der Waals surface area contributed by atoms with Crippen molar-refractivity contribution in [3.63, 3.8) is 0 Å². The number of hydrazine groups is 1. The van der Waals surface area contributed by atoms with Crippen LogP contribution in [0.4, 0.5) is 0 Å². The predicted octanol–water partition coefficient (Wildman–Crippen LogP) is 1.69. The molecular weight excluding hydrogens is 394 g/mol. The van der Waals surface area contributed by atoms with Gasteiger partial charge in [0.2, 0.25) is 0 Å². The summed E-state index contributed by atoms with van der Waals surface area (Å²) in [5, 5.41) is 29.8. The predicted molar refractivity (Wildman–Crippen MR) is 117 cm³/mol. The fourth-order valence-electron chi connectivity index (χ4n) is 4.50. The van der Waals surface area contributed by atoms with Crippen molar-refractivity contribution in [3.8, 4) is 0 Å². The van der Waals surface area contributed by atoms with Crippen molar-refractivity contribution in [2.24, 2.45) is 10.9 Å². The standard InChI is InChI=1S/C22H29N7O2/c1-2-20(15-4-3-5-15)28-11-17(9-25-28)22-21-6-7-23-29(21)13-19(26-22)16-8-24-27(10-16)12-18(31)14-30/h6,8-11,13,15,18,20,23,30-31H,2-5,7,12,14H2,1H3/t18-,20+/m1/s1. The summed E-state index contributed by atoms with van der Waals surface area (Å²) >= 11 is 0. The van der Waals surface area contributed by atoms with Crippen LogP contribution in [0.1, 0.15) is 49.8 Å². The van der Waals surface area contributed by atoms with Crippen LogP contribution in [0.2, 0.25) is 0 Å². The molecule has 9 nitrogen and oxygen atoms in total. The molecular formula is C22H29N7O2. The SMILES string of the molecule is CC[C@@H](C1CCC1)n1cc(C2=NC(c3cnn(C[C@@H](O)CO)c3)=CN3NCC=C23)cn1. The highest BCUT2D eigenvalue weighted by Crippen LogP contribution is 2.38. The first-order valence-electron chi connectivity index (χ1n) is 11.1. The third-order valence-electron chi connectivity index (χ3n) is 6.41. The molecule has 0 aromatic carbocycles. The minimum absolute atomic E-state index is 0.236. The Labute approximate surface area is 181 Å². The van der Waals surface area contributed by atoms with Crippen LogP contribution in [0.3, 0.4) is 0 Å². The number of aliphatic imine (C=N–C) groups is 1. The number of aliphatic hydroxyl groups excluding tert-OH is 2. The Morgan fingerprint density at radius 1 is 1.19 bits per heavy atom. The summed E-state index contributed by atoms with van der Waals surface area (Å²) in [6, 6.07) is 0.449. The van der Waals surface area contributed by atoms with Crippen LogP contribution in [0.25, 0.3) is 5.70 Å². The summed E-state index contributed by atoms with van der Waals surface area (Å²) in [6.45, 7) is 2.92. The third-order valence-corrected chi connectivity index (χ3v) is 6.41. The van der Waals surface area contributed by atoms with E-state index in [4.69, 9.17) is 15.2 Å². The molecule has 2 aliphatic heterocycles. The number of fused-ring (bicyclic) bond motifs is 1. The van der Waals surface area contributed by atoms with Crippen LogP contribution in [0.5, 0.6) is 0 Å². The Hall–Kier alpha value is -2.75. The molecule has 0 radical (unpaired) electrons. The summed E-state index contributed by atoms with van der Waals surface area (Å²) < 4.78 is 3.75. The maximum absolute atomic E-state index is 9.69. The van der Waals surface area contributed by atoms with E-state index in [9.17, 15) is 5.11 Å². The van der Waals surface area contributed by atoms with Gasteiger partial charge < -0.3 is 10.2 Å². The van der Waals surface area contributed by atoms with Gasteiger partial charge in [-0.3, -0.25) is 14.4 Å². The highest BCUT2D eigenvalue weighted by molar-refractivity contribution is 6.15. The summed E-state index contributed by atoms with van der Waals surface area (Å²) in [5.74, 6) is 0.727. The second-order valence-corrected chi connectivity index (χ2v) is 8.46. The lowest BCUT2D eigenvalue weighted by Gasteiger charge is -2.33. The molecule has 0 spiro atoms. The molecule has 2 aromatic heterocycles. The lowest BCUT2D eigenvalue weighted by molar-refractivity contribution is 0.0782. The minimum Gasteiger partial charge on any atom is -0.394 e. The van der Waals surface area contributed by atoms with Crippen LogP contribution in [-0.2, 0) is 6.54 Å². The van der Waals surface area contributed by atoms with Gasteiger partial charge >= 0.3 is 0 Å². The third kappa shape index (κ3) is 3.84. The number of aromatic nitrogens is 4. The number of nitrogens with one attached hydrogen (secondary N) is 1. The molecule has 9 heteroatoms. The maximum atomic E-state index is 9.69. The van der Waals surface area contributed by atoms with Crippen molar-refractivity contribution in [2.75, 3.05) is 13.2 Å². The number of aliphatic hydroxyl groups is 2. The van der Waals surface area contributed by atoms with Crippen LogP contribution >= 0.6 is 0 Å². The first-order valence-corrected chi connectivity index (χ1v) is 11.1. The molecule has 0 saturated heterocycles. The number of nitrogens with zero attached hydrogens (tertiary/aromatic N) is 6. The van der Waals surface area contributed by atoms with E-state index < -0.39 is 6.10 Å². The molecule has 1 saturated carbocycles. The molecule has 4 heterocycles. The van der Waals surface area contributed by atoms with Gasteiger partial charge in [0.25, 0.3) is 0 Å². The average Bonchev–Trinajstić information content (AvgIpc) is 3.49. The number of hydrogen-bond donors (Lipinski definition) is 3. The largest absolute Gasteiger partial charge is 0.394 e. The van der Waals surface area contributed by atoms with Gasteiger partial charge in [0.15, 0.2) is 0 Å². The van der Waals surface area contributed by atoms with Gasteiger partial charge in [-0.15, -0.1) is 0 Å². The van der Waals surface area contributed by atoms with Crippen molar-refractivity contribution in [1.82, 2.24) is 30.0 Å². The summed E-state index contributed by atoms with van der Waals surface area (Å²) in [5.41, 5.74) is 7.90. The zero-order valence-corrected chi connectivity index (χ0v) is 17.7. The monoisotopic (exact) mass is 423 g/mol.